The van der Waals surface area contributed by atoms with Gasteiger partial charge in [0.15, 0.2) is 0 Å². The number of carbonyl (C=O) groups is 3. The Bertz CT molecular complexity index is 631. The van der Waals surface area contributed by atoms with Crippen LogP contribution in [0.15, 0.2) is 18.2 Å². The highest BCUT2D eigenvalue weighted by Gasteiger charge is 2.21. The fourth-order valence-corrected chi connectivity index (χ4v) is 2.32. The molecule has 0 radical (unpaired) electrons. The summed E-state index contributed by atoms with van der Waals surface area (Å²) >= 11 is 0. The summed E-state index contributed by atoms with van der Waals surface area (Å²) in [5.74, 6) is -0.287. The van der Waals surface area contributed by atoms with Crippen molar-refractivity contribution in [1.29, 1.82) is 0 Å². The Morgan fingerprint density at radius 3 is 2.40 bits per heavy atom. The van der Waals surface area contributed by atoms with E-state index < -0.39 is 18.0 Å². The van der Waals surface area contributed by atoms with Crippen LogP contribution in [0.25, 0.3) is 0 Å². The van der Waals surface area contributed by atoms with Crippen LogP contribution in [0.4, 0.5) is 4.79 Å². The van der Waals surface area contributed by atoms with E-state index in [2.05, 4.69) is 10.6 Å². The number of methoxy groups -OCH3 is 2. The van der Waals surface area contributed by atoms with Crippen LogP contribution in [0.5, 0.6) is 5.75 Å². The molecular weight excluding hydrogens is 326 g/mol. The maximum atomic E-state index is 12.3. The van der Waals surface area contributed by atoms with Gasteiger partial charge in [-0.15, -0.1) is 0 Å². The molecule has 0 spiro atoms. The SMILES string of the molecule is COC(=O)c1cc(CNC(=O)C(CC(C)C)NC(N)=O)ccc1OC. The summed E-state index contributed by atoms with van der Waals surface area (Å²) < 4.78 is 9.84. The number of hydrogen-bond acceptors (Lipinski definition) is 5. The predicted molar refractivity (Wildman–Crippen MR) is 92.1 cm³/mol. The van der Waals surface area contributed by atoms with E-state index in [9.17, 15) is 14.4 Å². The van der Waals surface area contributed by atoms with Gasteiger partial charge in [-0.3, -0.25) is 4.79 Å². The monoisotopic (exact) mass is 351 g/mol. The van der Waals surface area contributed by atoms with Gasteiger partial charge in [-0.05, 0) is 30.0 Å². The van der Waals surface area contributed by atoms with Crippen LogP contribution in [0.1, 0.15) is 36.2 Å². The molecule has 0 saturated heterocycles. The van der Waals surface area contributed by atoms with Crippen LogP contribution in [-0.4, -0.2) is 38.2 Å². The first-order valence-electron chi connectivity index (χ1n) is 7.87. The summed E-state index contributed by atoms with van der Waals surface area (Å²) in [6.45, 7) is 4.06. The van der Waals surface area contributed by atoms with Gasteiger partial charge in [-0.25, -0.2) is 9.59 Å². The smallest absolute Gasteiger partial charge is 0.341 e. The number of urea groups is 1. The number of rotatable bonds is 8. The Kier molecular flexibility index (Phi) is 7.71. The van der Waals surface area contributed by atoms with E-state index in [-0.39, 0.29) is 23.9 Å². The second-order valence-electron chi connectivity index (χ2n) is 5.93. The number of hydrogen-bond donors (Lipinski definition) is 3. The topological polar surface area (TPSA) is 120 Å². The van der Waals surface area contributed by atoms with Crippen LogP contribution >= 0.6 is 0 Å². The molecule has 25 heavy (non-hydrogen) atoms. The number of nitrogens with two attached hydrogens (primary N) is 1. The summed E-state index contributed by atoms with van der Waals surface area (Å²) in [6.07, 6.45) is 0.463. The fraction of sp³-hybridized carbons (Fsp3) is 0.471. The molecule has 4 N–H and O–H groups in total. The summed E-state index contributed by atoms with van der Waals surface area (Å²) in [7, 11) is 2.73. The standard InChI is InChI=1S/C17H25N3O5/c1-10(2)7-13(20-17(18)23)15(21)19-9-11-5-6-14(24-3)12(8-11)16(22)25-4/h5-6,8,10,13H,7,9H2,1-4H3,(H,19,21)(H3,18,20,23). The fourth-order valence-electron chi connectivity index (χ4n) is 2.32. The lowest BCUT2D eigenvalue weighted by molar-refractivity contribution is -0.123. The number of amides is 3. The minimum absolute atomic E-state index is 0.182. The Labute approximate surface area is 147 Å². The van der Waals surface area contributed by atoms with Crippen molar-refractivity contribution in [1.82, 2.24) is 10.6 Å². The van der Waals surface area contributed by atoms with Crippen molar-refractivity contribution in [2.24, 2.45) is 11.7 Å². The molecule has 138 valence electrons. The lowest BCUT2D eigenvalue weighted by atomic mass is 10.0. The summed E-state index contributed by atoms with van der Waals surface area (Å²) in [5, 5.41) is 5.17. The molecule has 0 aliphatic rings. The van der Waals surface area contributed by atoms with Crippen molar-refractivity contribution in [2.75, 3.05) is 14.2 Å². The normalized spacial score (nSPS) is 11.6. The molecule has 0 aromatic heterocycles. The van der Waals surface area contributed by atoms with Gasteiger partial charge in [0.1, 0.15) is 17.4 Å². The molecule has 3 amide bonds. The highest BCUT2D eigenvalue weighted by molar-refractivity contribution is 5.92. The van der Waals surface area contributed by atoms with E-state index in [1.807, 2.05) is 13.8 Å². The van der Waals surface area contributed by atoms with E-state index in [4.69, 9.17) is 15.2 Å². The van der Waals surface area contributed by atoms with Crippen LogP contribution in [0.3, 0.4) is 0 Å². The molecule has 1 aromatic rings. The molecule has 1 atom stereocenters. The zero-order valence-corrected chi connectivity index (χ0v) is 14.9. The van der Waals surface area contributed by atoms with Crippen molar-refractivity contribution in [3.63, 3.8) is 0 Å². The van der Waals surface area contributed by atoms with Crippen molar-refractivity contribution in [3.05, 3.63) is 29.3 Å². The lowest BCUT2D eigenvalue weighted by Gasteiger charge is -2.19. The van der Waals surface area contributed by atoms with Gasteiger partial charge in [-0.1, -0.05) is 19.9 Å². The maximum absolute atomic E-state index is 12.3. The molecule has 0 fully saturated rings. The highest BCUT2D eigenvalue weighted by Crippen LogP contribution is 2.20. The molecule has 8 nitrogen and oxygen atoms in total. The third kappa shape index (κ3) is 6.33. The quantitative estimate of drug-likeness (QED) is 0.608. The molecule has 0 aliphatic heterocycles. The van der Waals surface area contributed by atoms with Gasteiger partial charge in [0, 0.05) is 6.54 Å². The second kappa shape index (κ2) is 9.51. The lowest BCUT2D eigenvalue weighted by Crippen LogP contribution is -2.49. The Morgan fingerprint density at radius 2 is 1.88 bits per heavy atom. The molecule has 0 bridgehead atoms. The van der Waals surface area contributed by atoms with E-state index >= 15 is 0 Å². The number of nitrogens with one attached hydrogen (secondary N) is 2. The third-order valence-electron chi connectivity index (χ3n) is 3.48. The first kappa shape index (κ1) is 20.3. The van der Waals surface area contributed by atoms with Gasteiger partial charge < -0.3 is 25.8 Å². The Hall–Kier alpha value is -2.77. The van der Waals surface area contributed by atoms with Crippen molar-refractivity contribution in [3.8, 4) is 5.75 Å². The molecular formula is C17H25N3O5. The van der Waals surface area contributed by atoms with Crippen LogP contribution in [0, 0.1) is 5.92 Å². The van der Waals surface area contributed by atoms with Crippen LogP contribution < -0.4 is 21.1 Å². The molecule has 0 aliphatic carbocycles. The average molecular weight is 351 g/mol. The molecule has 1 aromatic carbocycles. The van der Waals surface area contributed by atoms with E-state index in [0.29, 0.717) is 17.7 Å². The van der Waals surface area contributed by atoms with E-state index in [1.54, 1.807) is 18.2 Å². The van der Waals surface area contributed by atoms with Gasteiger partial charge in [0.25, 0.3) is 0 Å². The third-order valence-corrected chi connectivity index (χ3v) is 3.48. The highest BCUT2D eigenvalue weighted by atomic mass is 16.5. The van der Waals surface area contributed by atoms with Crippen LogP contribution in [-0.2, 0) is 16.1 Å². The van der Waals surface area contributed by atoms with Gasteiger partial charge in [0.2, 0.25) is 5.91 Å². The summed E-state index contributed by atoms with van der Waals surface area (Å²) in [5.41, 5.74) is 6.08. The summed E-state index contributed by atoms with van der Waals surface area (Å²) in [4.78, 5) is 35.1. The predicted octanol–water partition coefficient (Wildman–Crippen LogP) is 1.18. The molecule has 1 rings (SSSR count). The summed E-state index contributed by atoms with van der Waals surface area (Å²) in [6, 6.07) is 3.48. The van der Waals surface area contributed by atoms with Crippen molar-refractivity contribution >= 4 is 17.9 Å². The number of primary amides is 1. The average Bonchev–Trinajstić information content (AvgIpc) is 2.57. The molecule has 1 unspecified atom stereocenters. The van der Waals surface area contributed by atoms with E-state index in [0.717, 1.165) is 0 Å². The largest absolute Gasteiger partial charge is 0.496 e. The zero-order chi connectivity index (χ0) is 19.0. The number of benzene rings is 1. The Balaban J connectivity index is 2.83. The molecule has 0 heterocycles. The number of carbonyl (C=O) groups excluding carboxylic acids is 3. The number of ether oxygens (including phenoxy) is 2. The minimum atomic E-state index is -0.752. The first-order chi connectivity index (χ1) is 11.8. The van der Waals surface area contributed by atoms with Gasteiger partial charge in [0.05, 0.1) is 14.2 Å². The van der Waals surface area contributed by atoms with Crippen LogP contribution in [0.2, 0.25) is 0 Å². The van der Waals surface area contributed by atoms with Crippen molar-refractivity contribution < 1.29 is 23.9 Å². The maximum Gasteiger partial charge on any atom is 0.341 e. The zero-order valence-electron chi connectivity index (χ0n) is 14.9. The molecule has 0 saturated carbocycles. The van der Waals surface area contributed by atoms with E-state index in [1.165, 1.54) is 14.2 Å². The second-order valence-corrected chi connectivity index (χ2v) is 5.93. The number of esters is 1. The minimum Gasteiger partial charge on any atom is -0.496 e. The Morgan fingerprint density at radius 1 is 1.20 bits per heavy atom. The first-order valence-corrected chi connectivity index (χ1v) is 7.87. The van der Waals surface area contributed by atoms with Gasteiger partial charge in [-0.2, -0.15) is 0 Å². The van der Waals surface area contributed by atoms with Crippen molar-refractivity contribution in [2.45, 2.75) is 32.9 Å². The van der Waals surface area contributed by atoms with Gasteiger partial charge >= 0.3 is 12.0 Å². The molecule has 8 heteroatoms.